The van der Waals surface area contributed by atoms with Crippen molar-refractivity contribution in [2.45, 2.75) is 44.6 Å². The molecule has 0 radical (unpaired) electrons. The molecule has 0 unspecified atom stereocenters. The van der Waals surface area contributed by atoms with E-state index in [-0.39, 0.29) is 30.2 Å². The Morgan fingerprint density at radius 1 is 1.22 bits per heavy atom. The highest BCUT2D eigenvalue weighted by molar-refractivity contribution is 6.08. The van der Waals surface area contributed by atoms with Crippen LogP contribution in [0.3, 0.4) is 0 Å². The van der Waals surface area contributed by atoms with Gasteiger partial charge in [0.15, 0.2) is 5.78 Å². The van der Waals surface area contributed by atoms with Crippen LogP contribution in [0, 0.1) is 11.7 Å². The van der Waals surface area contributed by atoms with Gasteiger partial charge in [-0.05, 0) is 66.5 Å². The number of ketones is 1. The molecule has 3 atom stereocenters. The van der Waals surface area contributed by atoms with Gasteiger partial charge in [-0.25, -0.2) is 8.78 Å². The molecule has 0 aliphatic heterocycles. The summed E-state index contributed by atoms with van der Waals surface area (Å²) < 4.78 is 26.9. The second-order valence-electron chi connectivity index (χ2n) is 8.77. The van der Waals surface area contributed by atoms with Crippen molar-refractivity contribution in [1.29, 1.82) is 0 Å². The number of nitrogens with one attached hydrogen (secondary N) is 1. The Hall–Kier alpha value is -2.93. The van der Waals surface area contributed by atoms with Gasteiger partial charge in [0.05, 0.1) is 17.4 Å². The molecule has 168 valence electrons. The molecule has 5 nitrogen and oxygen atoms in total. The normalized spacial score (nSPS) is 20.9. The first-order valence-electron chi connectivity index (χ1n) is 11.1. The third-order valence-corrected chi connectivity index (χ3v) is 6.23. The number of carbonyl (C=O) groups is 1. The second-order valence-corrected chi connectivity index (χ2v) is 8.77. The monoisotopic (exact) mass is 438 g/mol. The molecule has 0 amide bonds. The Balaban J connectivity index is 1.63. The third-order valence-electron chi connectivity index (χ3n) is 6.23. The molecule has 3 aromatic rings. The number of alkyl halides is 1. The summed E-state index contributed by atoms with van der Waals surface area (Å²) in [7, 11) is 0. The van der Waals surface area contributed by atoms with Crippen LogP contribution in [0.15, 0.2) is 42.9 Å². The summed E-state index contributed by atoms with van der Waals surface area (Å²) >= 11 is 0. The van der Waals surface area contributed by atoms with Gasteiger partial charge in [0.1, 0.15) is 12.5 Å². The van der Waals surface area contributed by atoms with Crippen molar-refractivity contribution in [2.75, 3.05) is 18.5 Å². The molecule has 1 saturated carbocycles. The number of hydrogen-bond acceptors (Lipinski definition) is 5. The van der Waals surface area contributed by atoms with Crippen LogP contribution in [0.25, 0.3) is 10.9 Å². The van der Waals surface area contributed by atoms with Gasteiger partial charge in [0.2, 0.25) is 0 Å². The van der Waals surface area contributed by atoms with Crippen molar-refractivity contribution in [1.82, 2.24) is 9.97 Å². The first-order valence-corrected chi connectivity index (χ1v) is 11.1. The molecule has 0 saturated heterocycles. The highest BCUT2D eigenvalue weighted by Crippen LogP contribution is 2.37. The number of rotatable bonds is 7. The van der Waals surface area contributed by atoms with Crippen LogP contribution in [0.5, 0.6) is 0 Å². The zero-order chi connectivity index (χ0) is 22.7. The first-order chi connectivity index (χ1) is 15.5. The Bertz CT molecular complexity index is 1110. The number of carbonyl (C=O) groups excluding carboxylic acids is 1. The van der Waals surface area contributed by atoms with Crippen LogP contribution < -0.4 is 11.1 Å². The van der Waals surface area contributed by atoms with Gasteiger partial charge in [0, 0.05) is 42.4 Å². The molecule has 2 aromatic heterocycles. The summed E-state index contributed by atoms with van der Waals surface area (Å²) in [6.07, 6.45) is 8.11. The van der Waals surface area contributed by atoms with E-state index >= 15 is 0 Å². The summed E-state index contributed by atoms with van der Waals surface area (Å²) in [6, 6.07) is 6.47. The number of pyridine rings is 2. The largest absolute Gasteiger partial charge is 0.381 e. The van der Waals surface area contributed by atoms with Crippen LogP contribution in [0.1, 0.15) is 53.6 Å². The predicted octanol–water partition coefficient (Wildman–Crippen LogP) is 4.81. The zero-order valence-electron chi connectivity index (χ0n) is 18.2. The smallest absolute Gasteiger partial charge is 0.169 e. The number of aromatic nitrogens is 2. The van der Waals surface area contributed by atoms with Gasteiger partial charge in [-0.3, -0.25) is 14.8 Å². The van der Waals surface area contributed by atoms with Crippen molar-refractivity contribution in [3.05, 3.63) is 65.4 Å². The number of fused-ring (bicyclic) bond motifs is 1. The molecular formula is C25H28F2N4O. The minimum Gasteiger partial charge on any atom is -0.381 e. The minimum atomic E-state index is -0.544. The fourth-order valence-electron chi connectivity index (χ4n) is 4.86. The number of benzene rings is 1. The number of Topliss-reactive ketones (excluding diaryl/α,β-unsaturated/α-hetero) is 1. The fraction of sp³-hybridized carbons (Fsp3) is 0.400. The van der Waals surface area contributed by atoms with E-state index in [1.807, 2.05) is 6.07 Å². The lowest BCUT2D eigenvalue weighted by Crippen LogP contribution is -2.31. The van der Waals surface area contributed by atoms with E-state index in [0.717, 1.165) is 30.4 Å². The molecule has 2 heterocycles. The standard InChI is InChI=1S/C25H28F2N4O/c1-15-8-16(10-18(28)9-15)20-4-6-29-13-17(20)11-24(32)21-2-3-23(27)22-12-19(30-7-5-26)14-31-25(21)22/h2-4,6,12-16,18,30H,5,7-11,28H2,1H3/t15-,16+,18-/m0/s1. The van der Waals surface area contributed by atoms with Crippen LogP contribution in [-0.4, -0.2) is 35.0 Å². The number of anilines is 1. The maximum Gasteiger partial charge on any atom is 0.169 e. The van der Waals surface area contributed by atoms with E-state index < -0.39 is 12.5 Å². The van der Waals surface area contributed by atoms with E-state index in [1.54, 1.807) is 18.5 Å². The molecule has 1 aliphatic carbocycles. The quantitative estimate of drug-likeness (QED) is 0.518. The van der Waals surface area contributed by atoms with Gasteiger partial charge < -0.3 is 11.1 Å². The summed E-state index contributed by atoms with van der Waals surface area (Å²) in [5.41, 5.74) is 9.44. The number of halogens is 2. The van der Waals surface area contributed by atoms with Crippen LogP contribution in [-0.2, 0) is 6.42 Å². The third kappa shape index (κ3) is 4.78. The maximum absolute atomic E-state index is 14.5. The van der Waals surface area contributed by atoms with Crippen LogP contribution in [0.2, 0.25) is 0 Å². The Kier molecular flexibility index (Phi) is 6.74. The first kappa shape index (κ1) is 22.3. The van der Waals surface area contributed by atoms with Crippen molar-refractivity contribution in [3.63, 3.8) is 0 Å². The van der Waals surface area contributed by atoms with E-state index in [0.29, 0.717) is 28.6 Å². The summed E-state index contributed by atoms with van der Waals surface area (Å²) in [4.78, 5) is 21.8. The summed E-state index contributed by atoms with van der Waals surface area (Å²) in [6.45, 7) is 1.78. The SMILES string of the molecule is C[C@@H]1C[C@H](N)C[C@H](c2ccncc2CC(=O)c2ccc(F)c3cc(NCCF)cnc23)C1. The molecule has 0 bridgehead atoms. The number of nitrogens with zero attached hydrogens (tertiary/aromatic N) is 2. The molecule has 7 heteroatoms. The topological polar surface area (TPSA) is 80.9 Å². The molecule has 4 rings (SSSR count). The van der Waals surface area contributed by atoms with Crippen LogP contribution in [0.4, 0.5) is 14.5 Å². The minimum absolute atomic E-state index is 0.112. The lowest BCUT2D eigenvalue weighted by Gasteiger charge is -2.32. The average Bonchev–Trinajstić information content (AvgIpc) is 2.77. The molecule has 1 fully saturated rings. The van der Waals surface area contributed by atoms with Gasteiger partial charge in [0.25, 0.3) is 0 Å². The Morgan fingerprint density at radius 3 is 2.84 bits per heavy atom. The molecule has 1 aromatic carbocycles. The highest BCUT2D eigenvalue weighted by Gasteiger charge is 2.27. The van der Waals surface area contributed by atoms with Gasteiger partial charge in [-0.15, -0.1) is 0 Å². The van der Waals surface area contributed by atoms with Gasteiger partial charge >= 0.3 is 0 Å². The fourth-order valence-corrected chi connectivity index (χ4v) is 4.86. The Morgan fingerprint density at radius 2 is 2.06 bits per heavy atom. The maximum atomic E-state index is 14.5. The second kappa shape index (κ2) is 9.69. The lowest BCUT2D eigenvalue weighted by atomic mass is 9.75. The molecule has 3 N–H and O–H groups in total. The molecule has 0 spiro atoms. The number of nitrogens with two attached hydrogens (primary N) is 1. The molecule has 32 heavy (non-hydrogen) atoms. The average molecular weight is 439 g/mol. The number of hydrogen-bond donors (Lipinski definition) is 2. The van der Waals surface area contributed by atoms with Crippen molar-refractivity contribution in [3.8, 4) is 0 Å². The zero-order valence-corrected chi connectivity index (χ0v) is 18.2. The lowest BCUT2D eigenvalue weighted by molar-refractivity contribution is 0.0994. The predicted molar refractivity (Wildman–Crippen MR) is 122 cm³/mol. The molecular weight excluding hydrogens is 410 g/mol. The van der Waals surface area contributed by atoms with E-state index in [9.17, 15) is 13.6 Å². The van der Waals surface area contributed by atoms with Crippen LogP contribution >= 0.6 is 0 Å². The van der Waals surface area contributed by atoms with Crippen molar-refractivity contribution in [2.24, 2.45) is 11.7 Å². The van der Waals surface area contributed by atoms with E-state index in [4.69, 9.17) is 5.73 Å². The van der Waals surface area contributed by atoms with Gasteiger partial charge in [-0.1, -0.05) is 6.92 Å². The van der Waals surface area contributed by atoms with E-state index in [2.05, 4.69) is 22.2 Å². The van der Waals surface area contributed by atoms with E-state index in [1.165, 1.54) is 18.3 Å². The van der Waals surface area contributed by atoms with Crippen molar-refractivity contribution >= 4 is 22.4 Å². The summed E-state index contributed by atoms with van der Waals surface area (Å²) in [5.74, 6) is 0.215. The van der Waals surface area contributed by atoms with Gasteiger partial charge in [-0.2, -0.15) is 0 Å². The molecule has 1 aliphatic rings. The Labute approximate surface area is 186 Å². The highest BCUT2D eigenvalue weighted by atomic mass is 19.1. The summed E-state index contributed by atoms with van der Waals surface area (Å²) in [5, 5.41) is 3.08. The van der Waals surface area contributed by atoms with Crippen molar-refractivity contribution < 1.29 is 13.6 Å².